The lowest BCUT2D eigenvalue weighted by Crippen LogP contribution is -3.14. The van der Waals surface area contributed by atoms with E-state index in [0.717, 1.165) is 50.8 Å². The molecule has 0 atom stereocenters. The van der Waals surface area contributed by atoms with Crippen molar-refractivity contribution in [3.63, 3.8) is 0 Å². The van der Waals surface area contributed by atoms with Gasteiger partial charge in [-0.15, -0.1) is 0 Å². The standard InChI is InChI=1S/C20H25NO3/c1-2-6-18(7-3-1)19-8-4-5-9-20(19)24-17-16-23-15-12-21-10-13-22-14-11-21/h1-9H,10-17H2/p+1. The van der Waals surface area contributed by atoms with Gasteiger partial charge >= 0.3 is 0 Å². The Morgan fingerprint density at radius 2 is 1.58 bits per heavy atom. The summed E-state index contributed by atoms with van der Waals surface area (Å²) in [6, 6.07) is 18.5. The van der Waals surface area contributed by atoms with Crippen molar-refractivity contribution in [1.29, 1.82) is 0 Å². The molecule has 1 N–H and O–H groups in total. The SMILES string of the molecule is c1ccc(-c2ccccc2OCCOCC[NH+]2CCOCC2)cc1. The first-order chi connectivity index (χ1) is 11.9. The second-order valence-electron chi connectivity index (χ2n) is 5.94. The molecule has 1 heterocycles. The molecule has 0 amide bonds. The van der Waals surface area contributed by atoms with Crippen molar-refractivity contribution >= 4 is 0 Å². The highest BCUT2D eigenvalue weighted by molar-refractivity contribution is 5.70. The van der Waals surface area contributed by atoms with Gasteiger partial charge in [-0.3, -0.25) is 0 Å². The highest BCUT2D eigenvalue weighted by Gasteiger charge is 2.12. The van der Waals surface area contributed by atoms with Crippen LogP contribution in [0, 0.1) is 0 Å². The van der Waals surface area contributed by atoms with Crippen LogP contribution in [0.1, 0.15) is 0 Å². The van der Waals surface area contributed by atoms with E-state index in [2.05, 4.69) is 18.2 Å². The van der Waals surface area contributed by atoms with E-state index in [0.29, 0.717) is 13.2 Å². The number of quaternary nitrogens is 1. The summed E-state index contributed by atoms with van der Waals surface area (Å²) in [5.74, 6) is 0.908. The van der Waals surface area contributed by atoms with Gasteiger partial charge in [-0.05, 0) is 11.6 Å². The van der Waals surface area contributed by atoms with Gasteiger partial charge < -0.3 is 19.1 Å². The first-order valence-corrected chi connectivity index (χ1v) is 8.70. The van der Waals surface area contributed by atoms with Gasteiger partial charge in [-0.2, -0.15) is 0 Å². The molecule has 128 valence electrons. The van der Waals surface area contributed by atoms with Gasteiger partial charge in [0, 0.05) is 5.56 Å². The zero-order valence-corrected chi connectivity index (χ0v) is 14.1. The highest BCUT2D eigenvalue weighted by Crippen LogP contribution is 2.29. The minimum atomic E-state index is 0.572. The van der Waals surface area contributed by atoms with Crippen LogP contribution in [0.5, 0.6) is 5.75 Å². The fourth-order valence-electron chi connectivity index (χ4n) is 2.89. The summed E-state index contributed by atoms with van der Waals surface area (Å²) in [6.07, 6.45) is 0. The molecule has 3 rings (SSSR count). The molecule has 4 heteroatoms. The Labute approximate surface area is 144 Å². The van der Waals surface area contributed by atoms with Crippen LogP contribution >= 0.6 is 0 Å². The number of benzene rings is 2. The van der Waals surface area contributed by atoms with Crippen molar-refractivity contribution in [2.45, 2.75) is 0 Å². The summed E-state index contributed by atoms with van der Waals surface area (Å²) in [7, 11) is 0. The largest absolute Gasteiger partial charge is 0.491 e. The summed E-state index contributed by atoms with van der Waals surface area (Å²) >= 11 is 0. The second-order valence-corrected chi connectivity index (χ2v) is 5.94. The van der Waals surface area contributed by atoms with E-state index < -0.39 is 0 Å². The first kappa shape index (κ1) is 17.0. The van der Waals surface area contributed by atoms with Crippen molar-refractivity contribution in [2.75, 3.05) is 52.7 Å². The molecule has 0 aromatic heterocycles. The number of ether oxygens (including phenoxy) is 3. The maximum atomic E-state index is 5.93. The van der Waals surface area contributed by atoms with Gasteiger partial charge in [-0.25, -0.2) is 0 Å². The number of para-hydroxylation sites is 1. The van der Waals surface area contributed by atoms with E-state index in [1.165, 1.54) is 5.56 Å². The average Bonchev–Trinajstić information content (AvgIpc) is 2.66. The van der Waals surface area contributed by atoms with E-state index in [4.69, 9.17) is 14.2 Å². The summed E-state index contributed by atoms with van der Waals surface area (Å²) in [4.78, 5) is 1.57. The predicted molar refractivity (Wildman–Crippen MR) is 94.6 cm³/mol. The molecular formula is C20H26NO3+. The van der Waals surface area contributed by atoms with Crippen molar-refractivity contribution in [3.05, 3.63) is 54.6 Å². The Hall–Kier alpha value is -1.88. The number of rotatable bonds is 8. The summed E-state index contributed by atoms with van der Waals surface area (Å²) in [5, 5.41) is 0. The van der Waals surface area contributed by atoms with Crippen LogP contribution in [0.3, 0.4) is 0 Å². The zero-order chi connectivity index (χ0) is 16.5. The molecule has 0 bridgehead atoms. The van der Waals surface area contributed by atoms with E-state index in [9.17, 15) is 0 Å². The fraction of sp³-hybridized carbons (Fsp3) is 0.400. The second kappa shape index (κ2) is 9.42. The molecule has 24 heavy (non-hydrogen) atoms. The van der Waals surface area contributed by atoms with Crippen LogP contribution in [0.25, 0.3) is 11.1 Å². The Morgan fingerprint density at radius 3 is 2.42 bits per heavy atom. The van der Waals surface area contributed by atoms with Crippen LogP contribution in [-0.4, -0.2) is 52.7 Å². The number of morpholine rings is 1. The van der Waals surface area contributed by atoms with Crippen LogP contribution in [-0.2, 0) is 9.47 Å². The molecule has 2 aromatic carbocycles. The van der Waals surface area contributed by atoms with Crippen molar-refractivity contribution in [3.8, 4) is 16.9 Å². The molecule has 0 spiro atoms. The lowest BCUT2D eigenvalue weighted by Gasteiger charge is -2.23. The number of nitrogens with one attached hydrogen (secondary N) is 1. The third-order valence-electron chi connectivity index (χ3n) is 4.26. The summed E-state index contributed by atoms with van der Waals surface area (Å²) < 4.78 is 17.0. The number of hydrogen-bond donors (Lipinski definition) is 1. The molecular weight excluding hydrogens is 302 g/mol. The van der Waals surface area contributed by atoms with E-state index in [-0.39, 0.29) is 0 Å². The van der Waals surface area contributed by atoms with E-state index in [1.54, 1.807) is 4.90 Å². The minimum Gasteiger partial charge on any atom is -0.491 e. The summed E-state index contributed by atoms with van der Waals surface area (Å²) in [6.45, 7) is 6.93. The first-order valence-electron chi connectivity index (χ1n) is 8.70. The molecule has 2 aromatic rings. The van der Waals surface area contributed by atoms with Gasteiger partial charge in [-0.1, -0.05) is 48.5 Å². The predicted octanol–water partition coefficient (Wildman–Crippen LogP) is 1.66. The van der Waals surface area contributed by atoms with Crippen LogP contribution in [0.4, 0.5) is 0 Å². The molecule has 0 saturated carbocycles. The molecule has 1 fully saturated rings. The van der Waals surface area contributed by atoms with Gasteiger partial charge in [0.1, 0.15) is 32.0 Å². The lowest BCUT2D eigenvalue weighted by atomic mass is 10.1. The Balaban J connectivity index is 1.41. The topological polar surface area (TPSA) is 32.1 Å². The third-order valence-corrected chi connectivity index (χ3v) is 4.26. The quantitative estimate of drug-likeness (QED) is 0.748. The van der Waals surface area contributed by atoms with Gasteiger partial charge in [0.15, 0.2) is 0 Å². The molecule has 4 nitrogen and oxygen atoms in total. The van der Waals surface area contributed by atoms with Gasteiger partial charge in [0.25, 0.3) is 0 Å². The fourth-order valence-corrected chi connectivity index (χ4v) is 2.89. The maximum Gasteiger partial charge on any atom is 0.127 e. The number of hydrogen-bond acceptors (Lipinski definition) is 3. The molecule has 1 aliphatic rings. The molecule has 1 aliphatic heterocycles. The van der Waals surface area contributed by atoms with Crippen molar-refractivity contribution in [2.24, 2.45) is 0 Å². The monoisotopic (exact) mass is 328 g/mol. The van der Waals surface area contributed by atoms with Crippen LogP contribution in [0.15, 0.2) is 54.6 Å². The lowest BCUT2D eigenvalue weighted by molar-refractivity contribution is -0.908. The van der Waals surface area contributed by atoms with Crippen molar-refractivity contribution in [1.82, 2.24) is 0 Å². The van der Waals surface area contributed by atoms with Crippen molar-refractivity contribution < 1.29 is 19.1 Å². The Bertz CT molecular complexity index is 597. The maximum absolute atomic E-state index is 5.93. The van der Waals surface area contributed by atoms with Gasteiger partial charge in [0.2, 0.25) is 0 Å². The van der Waals surface area contributed by atoms with E-state index >= 15 is 0 Å². The van der Waals surface area contributed by atoms with E-state index in [1.807, 2.05) is 36.4 Å². The summed E-state index contributed by atoms with van der Waals surface area (Å²) in [5.41, 5.74) is 2.29. The zero-order valence-electron chi connectivity index (χ0n) is 14.1. The normalized spacial score (nSPS) is 15.3. The highest BCUT2D eigenvalue weighted by atomic mass is 16.5. The molecule has 0 unspecified atom stereocenters. The van der Waals surface area contributed by atoms with Crippen LogP contribution in [0.2, 0.25) is 0 Å². The smallest absolute Gasteiger partial charge is 0.127 e. The molecule has 1 saturated heterocycles. The minimum absolute atomic E-state index is 0.572. The third kappa shape index (κ3) is 5.06. The Kier molecular flexibility index (Phi) is 6.66. The van der Waals surface area contributed by atoms with Crippen LogP contribution < -0.4 is 9.64 Å². The average molecular weight is 328 g/mol. The molecule has 0 radical (unpaired) electrons. The Morgan fingerprint density at radius 1 is 0.833 bits per heavy atom. The van der Waals surface area contributed by atoms with Gasteiger partial charge in [0.05, 0.1) is 26.4 Å². The molecule has 0 aliphatic carbocycles.